The van der Waals surface area contributed by atoms with Crippen molar-refractivity contribution in [3.05, 3.63) is 75.8 Å². The van der Waals surface area contributed by atoms with Gasteiger partial charge in [-0.3, -0.25) is 40.5 Å². The van der Waals surface area contributed by atoms with Crippen LogP contribution in [0.4, 0.5) is 34.1 Å². The Morgan fingerprint density at radius 3 is 1.22 bits per heavy atom. The molecular formula is C14H11N5O8. The molecule has 0 atom stereocenters. The van der Waals surface area contributed by atoms with Gasteiger partial charge in [0.25, 0.3) is 22.7 Å². The van der Waals surface area contributed by atoms with E-state index in [1.807, 2.05) is 0 Å². The maximum absolute atomic E-state index is 11.3. The smallest absolute Gasteiger partial charge is 0.299 e. The number of nitro groups is 4. The SMILES string of the molecule is Cc1cc([N+](=O)[O-])cc([N+](=O)[O-])c1Nc1c(C)cc([N+](=O)[O-])cc1[N+](=O)[O-]. The lowest BCUT2D eigenvalue weighted by Crippen LogP contribution is -2.05. The number of hydrogen-bond donors (Lipinski definition) is 1. The van der Waals surface area contributed by atoms with E-state index < -0.39 is 42.4 Å². The zero-order valence-corrected chi connectivity index (χ0v) is 13.9. The lowest BCUT2D eigenvalue weighted by molar-refractivity contribution is -0.393. The maximum Gasteiger partial charge on any atom is 0.299 e. The topological polar surface area (TPSA) is 185 Å². The molecule has 0 radical (unpaired) electrons. The average molecular weight is 377 g/mol. The highest BCUT2D eigenvalue weighted by molar-refractivity contribution is 5.81. The first-order chi connectivity index (χ1) is 12.5. The van der Waals surface area contributed by atoms with Gasteiger partial charge in [0.2, 0.25) is 0 Å². The van der Waals surface area contributed by atoms with E-state index in [1.54, 1.807) is 0 Å². The van der Waals surface area contributed by atoms with Crippen molar-refractivity contribution in [1.82, 2.24) is 0 Å². The molecule has 0 aliphatic heterocycles. The monoisotopic (exact) mass is 377 g/mol. The van der Waals surface area contributed by atoms with Gasteiger partial charge >= 0.3 is 0 Å². The van der Waals surface area contributed by atoms with Crippen molar-refractivity contribution >= 4 is 34.1 Å². The van der Waals surface area contributed by atoms with Crippen molar-refractivity contribution in [1.29, 1.82) is 0 Å². The third-order valence-corrected chi connectivity index (χ3v) is 3.66. The van der Waals surface area contributed by atoms with Crippen LogP contribution in [0.3, 0.4) is 0 Å². The molecule has 0 unspecified atom stereocenters. The first-order valence-corrected chi connectivity index (χ1v) is 7.16. The van der Waals surface area contributed by atoms with Crippen molar-refractivity contribution in [3.8, 4) is 0 Å². The van der Waals surface area contributed by atoms with Crippen LogP contribution in [0.1, 0.15) is 11.1 Å². The number of nitrogens with one attached hydrogen (secondary N) is 1. The molecule has 0 saturated carbocycles. The molecule has 0 heterocycles. The van der Waals surface area contributed by atoms with Crippen LogP contribution >= 0.6 is 0 Å². The van der Waals surface area contributed by atoms with Gasteiger partial charge in [-0.25, -0.2) is 0 Å². The van der Waals surface area contributed by atoms with Crippen LogP contribution in [0, 0.1) is 54.3 Å². The molecule has 0 amide bonds. The molecule has 1 N–H and O–H groups in total. The molecule has 13 heteroatoms. The van der Waals surface area contributed by atoms with Crippen molar-refractivity contribution in [3.63, 3.8) is 0 Å². The first kappa shape index (κ1) is 19.2. The summed E-state index contributed by atoms with van der Waals surface area (Å²) in [5, 5.41) is 47.0. The Balaban J connectivity index is 2.70. The minimum Gasteiger partial charge on any atom is -0.344 e. The number of aryl methyl sites for hydroxylation is 2. The molecule has 0 aromatic heterocycles. The number of anilines is 2. The van der Waals surface area contributed by atoms with E-state index in [2.05, 4.69) is 5.32 Å². The lowest BCUT2D eigenvalue weighted by atomic mass is 10.1. The summed E-state index contributed by atoms with van der Waals surface area (Å²) in [7, 11) is 0. The molecule has 27 heavy (non-hydrogen) atoms. The molecule has 0 aliphatic rings. The maximum atomic E-state index is 11.3. The minimum absolute atomic E-state index is 0.1000. The van der Waals surface area contributed by atoms with Gasteiger partial charge < -0.3 is 5.32 Å². The zero-order valence-electron chi connectivity index (χ0n) is 13.9. The molecule has 0 fully saturated rings. The van der Waals surface area contributed by atoms with Gasteiger partial charge in [0.05, 0.1) is 31.8 Å². The van der Waals surface area contributed by atoms with Gasteiger partial charge in [-0.2, -0.15) is 0 Å². The highest BCUT2D eigenvalue weighted by Gasteiger charge is 2.27. The van der Waals surface area contributed by atoms with Gasteiger partial charge in [0.15, 0.2) is 0 Å². The summed E-state index contributed by atoms with van der Waals surface area (Å²) in [4.78, 5) is 41.1. The van der Waals surface area contributed by atoms with E-state index in [9.17, 15) is 40.5 Å². The summed E-state index contributed by atoms with van der Waals surface area (Å²) < 4.78 is 0. The number of hydrogen-bond acceptors (Lipinski definition) is 9. The molecule has 140 valence electrons. The molecular weight excluding hydrogens is 366 g/mol. The highest BCUT2D eigenvalue weighted by Crippen LogP contribution is 2.40. The van der Waals surface area contributed by atoms with Gasteiger partial charge in [-0.15, -0.1) is 0 Å². The van der Waals surface area contributed by atoms with Crippen LogP contribution < -0.4 is 5.32 Å². The lowest BCUT2D eigenvalue weighted by Gasteiger charge is -2.12. The fourth-order valence-corrected chi connectivity index (χ4v) is 2.45. The Morgan fingerprint density at radius 2 is 0.963 bits per heavy atom. The van der Waals surface area contributed by atoms with Gasteiger partial charge in [-0.05, 0) is 25.0 Å². The standard InChI is InChI=1S/C14H11N5O8/c1-7-3-9(16(20)21)5-11(18(24)25)13(7)15-14-8(2)4-10(17(22)23)6-12(14)19(26)27/h3-6,15H,1-2H3. The first-order valence-electron chi connectivity index (χ1n) is 7.16. The molecule has 2 aromatic carbocycles. The predicted octanol–water partition coefficient (Wildman–Crippen LogP) is 3.68. The Hall–Kier alpha value is -4.16. The Bertz CT molecular complexity index is 924. The van der Waals surface area contributed by atoms with E-state index in [1.165, 1.54) is 13.8 Å². The van der Waals surface area contributed by atoms with E-state index in [4.69, 9.17) is 0 Å². The second kappa shape index (κ2) is 6.99. The molecule has 2 rings (SSSR count). The van der Waals surface area contributed by atoms with Crippen molar-refractivity contribution < 1.29 is 19.7 Å². The van der Waals surface area contributed by atoms with Gasteiger partial charge in [-0.1, -0.05) is 0 Å². The Labute approximate surface area is 149 Å². The fourth-order valence-electron chi connectivity index (χ4n) is 2.45. The van der Waals surface area contributed by atoms with Crippen LogP contribution in [0.25, 0.3) is 0 Å². The summed E-state index contributed by atoms with van der Waals surface area (Å²) in [6.07, 6.45) is 0. The van der Waals surface area contributed by atoms with Crippen molar-refractivity contribution in [2.75, 3.05) is 5.32 Å². The van der Waals surface area contributed by atoms with Gasteiger partial charge in [0.1, 0.15) is 11.4 Å². The number of rotatable bonds is 6. The van der Waals surface area contributed by atoms with E-state index in [0.717, 1.165) is 24.3 Å². The quantitative estimate of drug-likeness (QED) is 0.579. The predicted molar refractivity (Wildman–Crippen MR) is 92.3 cm³/mol. The van der Waals surface area contributed by atoms with E-state index >= 15 is 0 Å². The van der Waals surface area contributed by atoms with E-state index in [-0.39, 0.29) is 22.5 Å². The van der Waals surface area contributed by atoms with Crippen molar-refractivity contribution in [2.24, 2.45) is 0 Å². The third-order valence-electron chi connectivity index (χ3n) is 3.66. The number of nitrogens with zero attached hydrogens (tertiary/aromatic N) is 4. The van der Waals surface area contributed by atoms with Crippen LogP contribution in [0.15, 0.2) is 24.3 Å². The van der Waals surface area contributed by atoms with E-state index in [0.29, 0.717) is 0 Å². The average Bonchev–Trinajstić information content (AvgIpc) is 2.56. The Morgan fingerprint density at radius 1 is 0.630 bits per heavy atom. The number of nitro benzene ring substituents is 4. The van der Waals surface area contributed by atoms with Crippen molar-refractivity contribution in [2.45, 2.75) is 13.8 Å². The molecule has 0 spiro atoms. The van der Waals surface area contributed by atoms with Crippen LogP contribution in [0.2, 0.25) is 0 Å². The van der Waals surface area contributed by atoms with Crippen LogP contribution in [0.5, 0.6) is 0 Å². The molecule has 0 bridgehead atoms. The normalized spacial score (nSPS) is 10.3. The third kappa shape index (κ3) is 3.76. The molecule has 0 aliphatic carbocycles. The largest absolute Gasteiger partial charge is 0.344 e. The highest BCUT2D eigenvalue weighted by atomic mass is 16.6. The second-order valence-corrected chi connectivity index (χ2v) is 5.47. The summed E-state index contributed by atoms with van der Waals surface area (Å²) in [5.41, 5.74) is -2.52. The molecule has 0 saturated heterocycles. The zero-order chi connectivity index (χ0) is 20.5. The summed E-state index contributed by atoms with van der Waals surface area (Å²) in [6, 6.07) is 3.59. The number of non-ortho nitro benzene ring substituents is 2. The number of benzene rings is 2. The summed E-state index contributed by atoms with van der Waals surface area (Å²) in [6.45, 7) is 2.71. The molecule has 13 nitrogen and oxygen atoms in total. The minimum atomic E-state index is -0.866. The van der Waals surface area contributed by atoms with Gasteiger partial charge in [0, 0.05) is 12.1 Å². The Kier molecular flexibility index (Phi) is 4.96. The van der Waals surface area contributed by atoms with Crippen LogP contribution in [-0.2, 0) is 0 Å². The molecule has 2 aromatic rings. The second-order valence-electron chi connectivity index (χ2n) is 5.47. The van der Waals surface area contributed by atoms with Crippen LogP contribution in [-0.4, -0.2) is 19.7 Å². The fraction of sp³-hybridized carbons (Fsp3) is 0.143. The summed E-state index contributed by atoms with van der Waals surface area (Å²) in [5.74, 6) is 0. The summed E-state index contributed by atoms with van der Waals surface area (Å²) >= 11 is 0.